The van der Waals surface area contributed by atoms with Crippen LogP contribution < -0.4 is 10.6 Å². The van der Waals surface area contributed by atoms with Crippen molar-refractivity contribution in [1.29, 1.82) is 0 Å². The van der Waals surface area contributed by atoms with Crippen LogP contribution in [-0.2, 0) is 0 Å². The summed E-state index contributed by atoms with van der Waals surface area (Å²) in [5.74, 6) is -5.67. The highest BCUT2D eigenvalue weighted by Gasteiger charge is 2.19. The Bertz CT molecular complexity index is 1110. The number of carbonyl (C=O) groups excluding carboxylic acids is 1. The third kappa shape index (κ3) is 5.68. The highest BCUT2D eigenvalue weighted by Crippen LogP contribution is 2.20. The Balaban J connectivity index is 1.83. The maximum Gasteiger partial charge on any atom is 0.258 e. The predicted octanol–water partition coefficient (Wildman–Crippen LogP) is 4.63. The van der Waals surface area contributed by atoms with Gasteiger partial charge in [0, 0.05) is 11.6 Å². The van der Waals surface area contributed by atoms with Gasteiger partial charge in [0.15, 0.2) is 23.3 Å². The maximum absolute atomic E-state index is 13.5. The molecule has 0 aliphatic carbocycles. The van der Waals surface area contributed by atoms with Crippen molar-refractivity contribution in [3.8, 4) is 11.3 Å². The summed E-state index contributed by atoms with van der Waals surface area (Å²) in [5, 5.41) is 12.1. The summed E-state index contributed by atoms with van der Waals surface area (Å²) in [5.41, 5.74) is 0.198. The summed E-state index contributed by atoms with van der Waals surface area (Å²) in [6, 6.07) is 8.52. The number of nitrogens with zero attached hydrogens (tertiary/aromatic N) is 2. The molecule has 3 N–H and O–H groups in total. The standard InChI is InChI=1S/C21H19F4N5O/c1-21(2,3)28-20(27-19(31)12-8-14(23)18(25)15(24)9-12)26-17-10-16(29-30-17)11-4-6-13(22)7-5-11/h4-10H,1-3H3,(H3,26,27,28,29,30,31). The van der Waals surface area contributed by atoms with Crippen LogP contribution >= 0.6 is 0 Å². The number of nitrogens with one attached hydrogen (secondary N) is 3. The van der Waals surface area contributed by atoms with E-state index in [4.69, 9.17) is 0 Å². The van der Waals surface area contributed by atoms with Gasteiger partial charge in [-0.3, -0.25) is 15.2 Å². The van der Waals surface area contributed by atoms with Gasteiger partial charge in [-0.05, 0) is 62.7 Å². The number of hydrogen-bond donors (Lipinski definition) is 3. The number of aliphatic imine (C=N–C) groups is 1. The minimum absolute atomic E-state index is 0.0419. The molecule has 0 unspecified atom stereocenters. The fourth-order valence-electron chi connectivity index (χ4n) is 2.57. The number of carbonyl (C=O) groups is 1. The first-order valence-corrected chi connectivity index (χ1v) is 9.16. The van der Waals surface area contributed by atoms with Gasteiger partial charge in [-0.25, -0.2) is 22.6 Å². The highest BCUT2D eigenvalue weighted by molar-refractivity contribution is 6.09. The molecule has 0 aliphatic rings. The van der Waals surface area contributed by atoms with E-state index in [1.807, 2.05) is 0 Å². The van der Waals surface area contributed by atoms with Gasteiger partial charge in [-0.1, -0.05) is 0 Å². The molecule has 0 saturated heterocycles. The van der Waals surface area contributed by atoms with Crippen LogP contribution in [0.2, 0.25) is 0 Å². The number of anilines is 1. The number of halogens is 4. The molecular formula is C21H19F4N5O. The lowest BCUT2D eigenvalue weighted by Gasteiger charge is -2.17. The van der Waals surface area contributed by atoms with E-state index < -0.39 is 34.5 Å². The summed E-state index contributed by atoms with van der Waals surface area (Å²) in [6.45, 7) is 5.31. The molecule has 10 heteroatoms. The molecule has 0 spiro atoms. The molecule has 0 bridgehead atoms. The summed E-state index contributed by atoms with van der Waals surface area (Å²) < 4.78 is 53.2. The number of hydrogen-bond acceptors (Lipinski definition) is 3. The number of guanidine groups is 1. The highest BCUT2D eigenvalue weighted by atomic mass is 19.2. The minimum atomic E-state index is -1.66. The van der Waals surface area contributed by atoms with Gasteiger partial charge < -0.3 is 5.32 Å². The van der Waals surface area contributed by atoms with E-state index >= 15 is 0 Å². The van der Waals surface area contributed by atoms with Crippen LogP contribution in [0.1, 0.15) is 31.1 Å². The van der Waals surface area contributed by atoms with E-state index in [2.05, 4.69) is 25.8 Å². The topological polar surface area (TPSA) is 82.2 Å². The molecule has 0 saturated carbocycles. The second-order valence-electron chi connectivity index (χ2n) is 7.64. The van der Waals surface area contributed by atoms with Crippen LogP contribution in [0.4, 0.5) is 23.4 Å². The van der Waals surface area contributed by atoms with E-state index in [0.29, 0.717) is 23.4 Å². The van der Waals surface area contributed by atoms with Crippen LogP contribution in [0.5, 0.6) is 0 Å². The van der Waals surface area contributed by atoms with Gasteiger partial charge >= 0.3 is 0 Å². The average Bonchev–Trinajstić information content (AvgIpc) is 3.13. The minimum Gasteiger partial charge on any atom is -0.309 e. The molecule has 1 heterocycles. The molecule has 162 valence electrons. The summed E-state index contributed by atoms with van der Waals surface area (Å²) >= 11 is 0. The first-order chi connectivity index (χ1) is 14.5. The Labute approximate surface area is 175 Å². The monoisotopic (exact) mass is 433 g/mol. The van der Waals surface area contributed by atoms with E-state index in [9.17, 15) is 22.4 Å². The normalized spacial score (nSPS) is 12.0. The van der Waals surface area contributed by atoms with E-state index in [1.54, 1.807) is 39.0 Å². The van der Waals surface area contributed by atoms with Crippen LogP contribution in [-0.4, -0.2) is 27.6 Å². The van der Waals surface area contributed by atoms with Crippen molar-refractivity contribution in [3.63, 3.8) is 0 Å². The Kier molecular flexibility index (Phi) is 6.09. The Morgan fingerprint density at radius 2 is 1.61 bits per heavy atom. The number of rotatable bonds is 3. The summed E-state index contributed by atoms with van der Waals surface area (Å²) in [7, 11) is 0. The van der Waals surface area contributed by atoms with Crippen LogP contribution in [0, 0.1) is 23.3 Å². The first-order valence-electron chi connectivity index (χ1n) is 9.16. The number of H-pyrrole nitrogens is 1. The first kappa shape index (κ1) is 22.0. The molecule has 3 aromatic rings. The zero-order chi connectivity index (χ0) is 22.8. The molecular weight excluding hydrogens is 414 g/mol. The SMILES string of the molecule is CC(C)(C)N=C(NC(=O)c1cc(F)c(F)c(F)c1)Nc1cc(-c2ccc(F)cc2)[nH]n1. The fourth-order valence-corrected chi connectivity index (χ4v) is 2.57. The van der Waals surface area contributed by atoms with Crippen molar-refractivity contribution in [1.82, 2.24) is 15.5 Å². The van der Waals surface area contributed by atoms with Crippen molar-refractivity contribution in [3.05, 3.63) is 71.3 Å². The largest absolute Gasteiger partial charge is 0.309 e. The molecule has 1 aromatic heterocycles. The van der Waals surface area contributed by atoms with Gasteiger partial charge in [-0.2, -0.15) is 5.10 Å². The van der Waals surface area contributed by atoms with E-state index in [1.165, 1.54) is 12.1 Å². The molecule has 2 aromatic carbocycles. The van der Waals surface area contributed by atoms with Crippen molar-refractivity contribution < 1.29 is 22.4 Å². The van der Waals surface area contributed by atoms with Crippen molar-refractivity contribution in [2.45, 2.75) is 26.3 Å². The zero-order valence-corrected chi connectivity index (χ0v) is 16.9. The van der Waals surface area contributed by atoms with E-state index in [-0.39, 0.29) is 17.6 Å². The van der Waals surface area contributed by atoms with Crippen LogP contribution in [0.15, 0.2) is 47.5 Å². The second-order valence-corrected chi connectivity index (χ2v) is 7.64. The Morgan fingerprint density at radius 3 is 2.19 bits per heavy atom. The maximum atomic E-state index is 13.5. The van der Waals surface area contributed by atoms with Gasteiger partial charge in [-0.15, -0.1) is 0 Å². The van der Waals surface area contributed by atoms with Gasteiger partial charge in [0.25, 0.3) is 5.91 Å². The zero-order valence-electron chi connectivity index (χ0n) is 16.9. The Hall–Kier alpha value is -3.69. The number of benzene rings is 2. The third-order valence-corrected chi connectivity index (χ3v) is 3.90. The molecule has 6 nitrogen and oxygen atoms in total. The van der Waals surface area contributed by atoms with Gasteiger partial charge in [0.2, 0.25) is 5.96 Å². The number of aromatic nitrogens is 2. The molecule has 0 atom stereocenters. The Morgan fingerprint density at radius 1 is 1.00 bits per heavy atom. The quantitative estimate of drug-likeness (QED) is 0.244. The summed E-state index contributed by atoms with van der Waals surface area (Å²) in [4.78, 5) is 16.8. The third-order valence-electron chi connectivity index (χ3n) is 3.90. The number of aromatic amines is 1. The lowest BCUT2D eigenvalue weighted by Crippen LogP contribution is -2.38. The molecule has 1 amide bonds. The molecule has 31 heavy (non-hydrogen) atoms. The van der Waals surface area contributed by atoms with Crippen molar-refractivity contribution >= 4 is 17.7 Å². The van der Waals surface area contributed by atoms with Gasteiger partial charge in [0.1, 0.15) is 5.82 Å². The van der Waals surface area contributed by atoms with Gasteiger partial charge in [0.05, 0.1) is 11.2 Å². The lowest BCUT2D eigenvalue weighted by molar-refractivity contribution is 0.0975. The average molecular weight is 433 g/mol. The smallest absolute Gasteiger partial charge is 0.258 e. The molecule has 0 radical (unpaired) electrons. The molecule has 3 rings (SSSR count). The molecule has 0 fully saturated rings. The second kappa shape index (κ2) is 8.58. The van der Waals surface area contributed by atoms with Crippen molar-refractivity contribution in [2.75, 3.05) is 5.32 Å². The van der Waals surface area contributed by atoms with Crippen LogP contribution in [0.3, 0.4) is 0 Å². The lowest BCUT2D eigenvalue weighted by atomic mass is 10.1. The molecule has 0 aliphatic heterocycles. The number of amides is 1. The van der Waals surface area contributed by atoms with Crippen molar-refractivity contribution in [2.24, 2.45) is 4.99 Å². The summed E-state index contributed by atoms with van der Waals surface area (Å²) in [6.07, 6.45) is 0. The van der Waals surface area contributed by atoms with Crippen LogP contribution in [0.25, 0.3) is 11.3 Å². The fraction of sp³-hybridized carbons (Fsp3) is 0.190. The van der Waals surface area contributed by atoms with E-state index in [0.717, 1.165) is 0 Å². The predicted molar refractivity (Wildman–Crippen MR) is 109 cm³/mol.